The number of nitrogens with one attached hydrogen (secondary N) is 1. The number of aliphatic carboxylic acids is 1. The van der Waals surface area contributed by atoms with Crippen LogP contribution in [0.25, 0.3) is 0 Å². The average Bonchev–Trinajstić information content (AvgIpc) is 2.59. The van der Waals surface area contributed by atoms with E-state index in [-0.39, 0.29) is 12.5 Å². The van der Waals surface area contributed by atoms with Gasteiger partial charge in [0.15, 0.2) is 0 Å². The van der Waals surface area contributed by atoms with Gasteiger partial charge in [0.05, 0.1) is 0 Å². The molecule has 1 atom stereocenters. The zero-order chi connectivity index (χ0) is 11.3. The molecule has 0 aromatic carbocycles. The summed E-state index contributed by atoms with van der Waals surface area (Å²) in [5.74, 6) is -0.242. The van der Waals surface area contributed by atoms with Gasteiger partial charge in [0, 0.05) is 26.1 Å². The number of carboxylic acid groups (broad SMARTS) is 1. The maximum atomic E-state index is 11.5. The number of nitrogens with zero attached hydrogens (tertiary/aromatic N) is 1. The maximum Gasteiger partial charge on any atom is 0.317 e. The fraction of sp³-hybridized carbons (Fsp3) is 0.800. The van der Waals surface area contributed by atoms with Gasteiger partial charge in [-0.3, -0.25) is 4.79 Å². The molecule has 2 amide bonds. The van der Waals surface area contributed by atoms with Gasteiger partial charge in [-0.25, -0.2) is 4.79 Å². The van der Waals surface area contributed by atoms with E-state index in [0.29, 0.717) is 18.9 Å². The van der Waals surface area contributed by atoms with Crippen LogP contribution < -0.4 is 5.32 Å². The molecule has 1 aliphatic heterocycles. The van der Waals surface area contributed by atoms with E-state index in [1.54, 1.807) is 4.90 Å². The third kappa shape index (κ3) is 4.18. The molecular formula is C10H18N2O3. The third-order valence-corrected chi connectivity index (χ3v) is 2.55. The molecule has 0 bridgehead atoms. The molecule has 0 aliphatic carbocycles. The molecule has 0 spiro atoms. The second kappa shape index (κ2) is 5.58. The Morgan fingerprint density at radius 3 is 2.80 bits per heavy atom. The van der Waals surface area contributed by atoms with E-state index in [1.165, 1.54) is 0 Å². The van der Waals surface area contributed by atoms with Crippen molar-refractivity contribution in [2.75, 3.05) is 19.6 Å². The number of hydrogen-bond donors (Lipinski definition) is 2. The van der Waals surface area contributed by atoms with Gasteiger partial charge < -0.3 is 15.3 Å². The molecule has 1 unspecified atom stereocenters. The largest absolute Gasteiger partial charge is 0.481 e. The first-order chi connectivity index (χ1) is 7.09. The van der Waals surface area contributed by atoms with Crippen LogP contribution in [0.1, 0.15) is 26.2 Å². The Hall–Kier alpha value is -1.26. The van der Waals surface area contributed by atoms with E-state index < -0.39 is 5.97 Å². The van der Waals surface area contributed by atoms with Crippen molar-refractivity contribution in [2.45, 2.75) is 26.2 Å². The molecule has 15 heavy (non-hydrogen) atoms. The van der Waals surface area contributed by atoms with Crippen molar-refractivity contribution in [3.63, 3.8) is 0 Å². The maximum absolute atomic E-state index is 11.5. The lowest BCUT2D eigenvalue weighted by Gasteiger charge is -2.16. The highest BCUT2D eigenvalue weighted by atomic mass is 16.4. The second-order valence-corrected chi connectivity index (χ2v) is 4.07. The number of carbonyl (C=O) groups is 2. The molecule has 5 nitrogen and oxygen atoms in total. The Labute approximate surface area is 89.4 Å². The van der Waals surface area contributed by atoms with E-state index in [0.717, 1.165) is 19.5 Å². The van der Waals surface area contributed by atoms with Gasteiger partial charge in [0.2, 0.25) is 0 Å². The number of hydrogen-bond acceptors (Lipinski definition) is 2. The lowest BCUT2D eigenvalue weighted by molar-refractivity contribution is -0.137. The van der Waals surface area contributed by atoms with Gasteiger partial charge in [-0.15, -0.1) is 0 Å². The lowest BCUT2D eigenvalue weighted by atomic mass is 10.2. The zero-order valence-electron chi connectivity index (χ0n) is 9.03. The quantitative estimate of drug-likeness (QED) is 0.683. The van der Waals surface area contributed by atoms with Crippen molar-refractivity contribution in [1.82, 2.24) is 10.2 Å². The third-order valence-electron chi connectivity index (χ3n) is 2.55. The fourth-order valence-electron chi connectivity index (χ4n) is 1.67. The number of carbonyl (C=O) groups excluding carboxylic acids is 1. The van der Waals surface area contributed by atoms with E-state index in [1.807, 2.05) is 0 Å². The minimum Gasteiger partial charge on any atom is -0.481 e. The number of likely N-dealkylation sites (tertiary alicyclic amines) is 1. The minimum atomic E-state index is -0.820. The van der Waals surface area contributed by atoms with Gasteiger partial charge >= 0.3 is 12.0 Å². The van der Waals surface area contributed by atoms with Crippen molar-refractivity contribution in [1.29, 1.82) is 0 Å². The molecule has 0 aromatic heterocycles. The first-order valence-corrected chi connectivity index (χ1v) is 5.34. The Morgan fingerprint density at radius 2 is 2.27 bits per heavy atom. The van der Waals surface area contributed by atoms with Crippen molar-refractivity contribution in [2.24, 2.45) is 5.92 Å². The van der Waals surface area contributed by atoms with Crippen molar-refractivity contribution in [3.8, 4) is 0 Å². The van der Waals surface area contributed by atoms with E-state index >= 15 is 0 Å². The summed E-state index contributed by atoms with van der Waals surface area (Å²) in [6.07, 6.45) is 1.66. The summed E-state index contributed by atoms with van der Waals surface area (Å²) in [7, 11) is 0. The number of urea groups is 1. The predicted octanol–water partition coefficient (Wildman–Crippen LogP) is 0.903. The average molecular weight is 214 g/mol. The van der Waals surface area contributed by atoms with Gasteiger partial charge in [-0.1, -0.05) is 6.92 Å². The van der Waals surface area contributed by atoms with Crippen LogP contribution in [0.5, 0.6) is 0 Å². The van der Waals surface area contributed by atoms with Gasteiger partial charge in [0.1, 0.15) is 0 Å². The Bertz CT molecular complexity index is 243. The van der Waals surface area contributed by atoms with Gasteiger partial charge in [-0.05, 0) is 18.8 Å². The predicted molar refractivity (Wildman–Crippen MR) is 55.6 cm³/mol. The van der Waals surface area contributed by atoms with Crippen LogP contribution in [0.3, 0.4) is 0 Å². The molecule has 0 saturated carbocycles. The molecule has 1 rings (SSSR count). The van der Waals surface area contributed by atoms with Gasteiger partial charge in [0.25, 0.3) is 0 Å². The molecular weight excluding hydrogens is 196 g/mol. The Kier molecular flexibility index (Phi) is 4.39. The summed E-state index contributed by atoms with van der Waals surface area (Å²) in [4.78, 5) is 23.5. The van der Waals surface area contributed by atoms with E-state index in [4.69, 9.17) is 5.11 Å². The second-order valence-electron chi connectivity index (χ2n) is 4.07. The first-order valence-electron chi connectivity index (χ1n) is 5.34. The number of carboxylic acids is 1. The van der Waals surface area contributed by atoms with Crippen LogP contribution in [0.2, 0.25) is 0 Å². The van der Waals surface area contributed by atoms with E-state index in [2.05, 4.69) is 12.2 Å². The highest BCUT2D eigenvalue weighted by Gasteiger charge is 2.22. The highest BCUT2D eigenvalue weighted by molar-refractivity contribution is 5.74. The summed E-state index contributed by atoms with van der Waals surface area (Å²) in [5, 5.41) is 11.1. The smallest absolute Gasteiger partial charge is 0.317 e. The van der Waals surface area contributed by atoms with Crippen LogP contribution in [-0.4, -0.2) is 41.6 Å². The summed E-state index contributed by atoms with van der Waals surface area (Å²) in [5.41, 5.74) is 0. The van der Waals surface area contributed by atoms with Crippen LogP contribution >= 0.6 is 0 Å². The normalized spacial score (nSPS) is 20.3. The monoisotopic (exact) mass is 214 g/mol. The van der Waals surface area contributed by atoms with Crippen molar-refractivity contribution < 1.29 is 14.7 Å². The summed E-state index contributed by atoms with van der Waals surface area (Å²) in [6.45, 7) is 4.18. The number of amides is 2. The molecule has 0 radical (unpaired) electrons. The van der Waals surface area contributed by atoms with Crippen LogP contribution in [0.4, 0.5) is 4.79 Å². The van der Waals surface area contributed by atoms with Crippen molar-refractivity contribution in [3.05, 3.63) is 0 Å². The topological polar surface area (TPSA) is 69.6 Å². The van der Waals surface area contributed by atoms with E-state index in [9.17, 15) is 9.59 Å². The molecule has 1 aliphatic rings. The summed E-state index contributed by atoms with van der Waals surface area (Å²) >= 11 is 0. The molecule has 1 heterocycles. The Morgan fingerprint density at radius 1 is 1.53 bits per heavy atom. The van der Waals surface area contributed by atoms with Crippen LogP contribution in [0.15, 0.2) is 0 Å². The van der Waals surface area contributed by atoms with Crippen molar-refractivity contribution >= 4 is 12.0 Å². The fourth-order valence-corrected chi connectivity index (χ4v) is 1.67. The van der Waals surface area contributed by atoms with Gasteiger partial charge in [-0.2, -0.15) is 0 Å². The number of rotatable bonds is 4. The standard InChI is InChI=1S/C10H18N2O3/c1-8-4-6-12(7-8)10(15)11-5-2-3-9(13)14/h8H,2-7H2,1H3,(H,11,15)(H,13,14). The highest BCUT2D eigenvalue weighted by Crippen LogP contribution is 2.14. The molecule has 5 heteroatoms. The van der Waals surface area contributed by atoms with Crippen LogP contribution in [-0.2, 0) is 4.79 Å². The zero-order valence-corrected chi connectivity index (χ0v) is 9.03. The Balaban J connectivity index is 2.11. The SMILES string of the molecule is CC1CCN(C(=O)NCCCC(=O)O)C1. The molecule has 0 aromatic rings. The lowest BCUT2D eigenvalue weighted by Crippen LogP contribution is -2.38. The van der Waals surface area contributed by atoms with Crippen LogP contribution in [0, 0.1) is 5.92 Å². The molecule has 1 fully saturated rings. The summed E-state index contributed by atoms with van der Waals surface area (Å²) < 4.78 is 0. The molecule has 1 saturated heterocycles. The first kappa shape index (κ1) is 11.8. The minimum absolute atomic E-state index is 0.0651. The molecule has 86 valence electrons. The molecule has 2 N–H and O–H groups in total. The summed E-state index contributed by atoms with van der Waals surface area (Å²) in [6, 6.07) is -0.0651.